The van der Waals surface area contributed by atoms with Gasteiger partial charge in [0.15, 0.2) is 0 Å². The van der Waals surface area contributed by atoms with E-state index in [1.165, 1.54) is 24.2 Å². The first-order valence-corrected chi connectivity index (χ1v) is 13.5. The first-order valence-electron chi connectivity index (χ1n) is 12.3. The van der Waals surface area contributed by atoms with Crippen LogP contribution in [-0.2, 0) is 9.59 Å². The summed E-state index contributed by atoms with van der Waals surface area (Å²) in [6.07, 6.45) is 9.26. The summed E-state index contributed by atoms with van der Waals surface area (Å²) in [5, 5.41) is 7.78. The van der Waals surface area contributed by atoms with Gasteiger partial charge in [0.1, 0.15) is 6.04 Å². The van der Waals surface area contributed by atoms with E-state index in [1.54, 1.807) is 23.4 Å². The monoisotopic (exact) mass is 525 g/mol. The summed E-state index contributed by atoms with van der Waals surface area (Å²) >= 11 is 7.63. The highest BCUT2D eigenvalue weighted by Gasteiger charge is 2.31. The summed E-state index contributed by atoms with van der Waals surface area (Å²) in [5.41, 5.74) is 3.23. The van der Waals surface area contributed by atoms with Crippen molar-refractivity contribution in [1.29, 1.82) is 0 Å². The van der Waals surface area contributed by atoms with Crippen LogP contribution in [0.1, 0.15) is 61.3 Å². The quantitative estimate of drug-likeness (QED) is 0.294. The Morgan fingerprint density at radius 1 is 1.22 bits per heavy atom. The molecule has 0 unspecified atom stereocenters. The number of nitrogens with zero attached hydrogens (tertiary/aromatic N) is 3. The number of thiophene rings is 1. The molecule has 1 saturated carbocycles. The van der Waals surface area contributed by atoms with Gasteiger partial charge in [-0.25, -0.2) is 0 Å². The van der Waals surface area contributed by atoms with Crippen LogP contribution in [-0.4, -0.2) is 28.3 Å². The largest absolute Gasteiger partial charge is 0.376 e. The Labute approximate surface area is 221 Å². The molecule has 2 N–H and O–H groups in total. The molecule has 0 spiro atoms. The molecule has 36 heavy (non-hydrogen) atoms. The van der Waals surface area contributed by atoms with Crippen LogP contribution in [0.2, 0.25) is 5.02 Å². The molecule has 0 aromatic carbocycles. The van der Waals surface area contributed by atoms with E-state index in [0.29, 0.717) is 23.0 Å². The number of anilines is 3. The summed E-state index contributed by atoms with van der Waals surface area (Å²) in [4.78, 5) is 37.0. The molecule has 190 valence electrons. The number of amides is 2. The van der Waals surface area contributed by atoms with Gasteiger partial charge in [-0.2, -0.15) is 0 Å². The standard InChI is InChI=1S/C27H32ClN5O2S/c1-17-12-22(10-11-29-17)32-27(35)24(13-20-6-4-5-7-20)33(16-34)26-9-8-25(36-26)19(3)31-23-14-21(28)15-30-18(23)2/h8-12,14-16,19-20,24,31H,4-7,13H2,1-3H3,(H,29,32,35)/t19-,24-/m0/s1. The van der Waals surface area contributed by atoms with E-state index in [0.717, 1.165) is 46.2 Å². The van der Waals surface area contributed by atoms with E-state index in [-0.39, 0.29) is 11.9 Å². The first kappa shape index (κ1) is 26.1. The van der Waals surface area contributed by atoms with Crippen molar-refractivity contribution >= 4 is 51.6 Å². The third kappa shape index (κ3) is 6.42. The molecule has 3 aromatic rings. The Morgan fingerprint density at radius 3 is 2.72 bits per heavy atom. The molecule has 0 radical (unpaired) electrons. The highest BCUT2D eigenvalue weighted by atomic mass is 35.5. The number of aromatic nitrogens is 2. The molecule has 9 heteroatoms. The van der Waals surface area contributed by atoms with Gasteiger partial charge < -0.3 is 10.6 Å². The van der Waals surface area contributed by atoms with Crippen molar-refractivity contribution in [3.8, 4) is 0 Å². The van der Waals surface area contributed by atoms with Crippen molar-refractivity contribution in [2.24, 2.45) is 5.92 Å². The van der Waals surface area contributed by atoms with Crippen molar-refractivity contribution in [2.45, 2.75) is 65.0 Å². The van der Waals surface area contributed by atoms with Crippen LogP contribution in [0.25, 0.3) is 0 Å². The lowest BCUT2D eigenvalue weighted by molar-refractivity contribution is -0.119. The molecular formula is C27H32ClN5O2S. The normalized spacial score (nSPS) is 15.3. The summed E-state index contributed by atoms with van der Waals surface area (Å²) in [6.45, 7) is 5.86. The van der Waals surface area contributed by atoms with Gasteiger partial charge in [0.25, 0.3) is 0 Å². The minimum absolute atomic E-state index is 0.0295. The molecule has 0 bridgehead atoms. The molecule has 0 aliphatic heterocycles. The summed E-state index contributed by atoms with van der Waals surface area (Å²) < 4.78 is 0. The van der Waals surface area contributed by atoms with Crippen LogP contribution in [0.3, 0.4) is 0 Å². The minimum Gasteiger partial charge on any atom is -0.376 e. The van der Waals surface area contributed by atoms with Crippen molar-refractivity contribution in [1.82, 2.24) is 9.97 Å². The zero-order chi connectivity index (χ0) is 25.7. The second-order valence-electron chi connectivity index (χ2n) is 9.42. The lowest BCUT2D eigenvalue weighted by atomic mass is 9.97. The van der Waals surface area contributed by atoms with Gasteiger partial charge in [0, 0.05) is 28.7 Å². The zero-order valence-corrected chi connectivity index (χ0v) is 22.4. The molecule has 1 aliphatic rings. The molecule has 1 fully saturated rings. The third-order valence-electron chi connectivity index (χ3n) is 6.67. The van der Waals surface area contributed by atoms with Gasteiger partial charge in [-0.1, -0.05) is 37.3 Å². The summed E-state index contributed by atoms with van der Waals surface area (Å²) in [6, 6.07) is 8.76. The van der Waals surface area contributed by atoms with Crippen molar-refractivity contribution in [3.05, 3.63) is 64.0 Å². The van der Waals surface area contributed by atoms with Crippen LogP contribution < -0.4 is 15.5 Å². The number of halogens is 1. The maximum atomic E-state index is 13.5. The Morgan fingerprint density at radius 2 is 2.00 bits per heavy atom. The maximum absolute atomic E-state index is 13.5. The highest BCUT2D eigenvalue weighted by Crippen LogP contribution is 2.36. The van der Waals surface area contributed by atoms with Crippen molar-refractivity contribution in [2.75, 3.05) is 15.5 Å². The molecule has 3 heterocycles. The van der Waals surface area contributed by atoms with Gasteiger partial charge in [-0.3, -0.25) is 24.5 Å². The fourth-order valence-electron chi connectivity index (χ4n) is 4.71. The lowest BCUT2D eigenvalue weighted by Crippen LogP contribution is -2.44. The fraction of sp³-hybridized carbons (Fsp3) is 0.407. The molecule has 1 aliphatic carbocycles. The number of carbonyl (C=O) groups excluding carboxylic acids is 2. The smallest absolute Gasteiger partial charge is 0.247 e. The average molecular weight is 526 g/mol. The number of nitrogens with one attached hydrogen (secondary N) is 2. The molecule has 3 aromatic heterocycles. The Hall–Kier alpha value is -2.97. The molecule has 4 rings (SSSR count). The molecule has 0 saturated heterocycles. The Kier molecular flexibility index (Phi) is 8.59. The predicted octanol–water partition coefficient (Wildman–Crippen LogP) is 6.53. The number of rotatable bonds is 10. The zero-order valence-electron chi connectivity index (χ0n) is 20.8. The van der Waals surface area contributed by atoms with Gasteiger partial charge >= 0.3 is 0 Å². The van der Waals surface area contributed by atoms with E-state index in [4.69, 9.17) is 11.6 Å². The SMILES string of the molecule is Cc1cc(NC(=O)[C@H](CC2CCCC2)N(C=O)c2ccc([C@H](C)Nc3cc(Cl)cnc3C)s2)ccn1. The molecule has 2 amide bonds. The summed E-state index contributed by atoms with van der Waals surface area (Å²) in [7, 11) is 0. The fourth-order valence-corrected chi connectivity index (χ4v) is 5.89. The predicted molar refractivity (Wildman–Crippen MR) is 147 cm³/mol. The summed E-state index contributed by atoms with van der Waals surface area (Å²) in [5.74, 6) is 0.252. The number of aryl methyl sites for hydroxylation is 2. The number of hydrogen-bond acceptors (Lipinski definition) is 6. The van der Waals surface area contributed by atoms with E-state index in [2.05, 4.69) is 27.5 Å². The van der Waals surface area contributed by atoms with Crippen LogP contribution >= 0.6 is 22.9 Å². The van der Waals surface area contributed by atoms with E-state index >= 15 is 0 Å². The van der Waals surface area contributed by atoms with E-state index in [1.807, 2.05) is 38.1 Å². The number of hydrogen-bond donors (Lipinski definition) is 2. The maximum Gasteiger partial charge on any atom is 0.247 e. The van der Waals surface area contributed by atoms with Crippen LogP contribution in [0.4, 0.5) is 16.4 Å². The van der Waals surface area contributed by atoms with Gasteiger partial charge in [-0.15, -0.1) is 11.3 Å². The molecule has 2 atom stereocenters. The lowest BCUT2D eigenvalue weighted by Gasteiger charge is -2.28. The van der Waals surface area contributed by atoms with Crippen molar-refractivity contribution < 1.29 is 9.59 Å². The number of pyridine rings is 2. The average Bonchev–Trinajstić information content (AvgIpc) is 3.54. The Balaban J connectivity index is 1.55. The van der Waals surface area contributed by atoms with E-state index < -0.39 is 6.04 Å². The Bertz CT molecular complexity index is 1210. The van der Waals surface area contributed by atoms with Crippen LogP contribution in [0.5, 0.6) is 0 Å². The van der Waals surface area contributed by atoms with Gasteiger partial charge in [0.2, 0.25) is 12.3 Å². The van der Waals surface area contributed by atoms with Gasteiger partial charge in [-0.05, 0) is 63.4 Å². The second-order valence-corrected chi connectivity index (χ2v) is 10.9. The van der Waals surface area contributed by atoms with Crippen LogP contribution in [0, 0.1) is 19.8 Å². The van der Waals surface area contributed by atoms with Crippen molar-refractivity contribution in [3.63, 3.8) is 0 Å². The van der Waals surface area contributed by atoms with Crippen LogP contribution in [0.15, 0.2) is 42.7 Å². The molecular weight excluding hydrogens is 494 g/mol. The highest BCUT2D eigenvalue weighted by molar-refractivity contribution is 7.16. The third-order valence-corrected chi connectivity index (χ3v) is 8.16. The molecule has 7 nitrogen and oxygen atoms in total. The van der Waals surface area contributed by atoms with Gasteiger partial charge in [0.05, 0.1) is 27.4 Å². The number of carbonyl (C=O) groups is 2. The minimum atomic E-state index is -0.590. The second kappa shape index (κ2) is 11.8. The topological polar surface area (TPSA) is 87.2 Å². The van der Waals surface area contributed by atoms with E-state index in [9.17, 15) is 9.59 Å². The first-order chi connectivity index (χ1) is 17.3.